The number of nitrogens with two attached hydrogens (primary N) is 1. The van der Waals surface area contributed by atoms with E-state index in [9.17, 15) is 4.79 Å². The molecule has 2 aromatic carbocycles. The van der Waals surface area contributed by atoms with Crippen molar-refractivity contribution in [3.63, 3.8) is 0 Å². The SMILES string of the molecule is CN(CCc1ccccc1)Cc1cccc(C(=O)NN)c1. The summed E-state index contributed by atoms with van der Waals surface area (Å²) < 4.78 is 0. The number of amides is 1. The molecule has 110 valence electrons. The molecule has 0 radical (unpaired) electrons. The molecule has 4 heteroatoms. The molecule has 2 aromatic rings. The van der Waals surface area contributed by atoms with Gasteiger partial charge in [-0.15, -0.1) is 0 Å². The second-order valence-electron chi connectivity index (χ2n) is 5.15. The Kier molecular flexibility index (Phi) is 5.49. The van der Waals surface area contributed by atoms with Gasteiger partial charge in [-0.3, -0.25) is 10.2 Å². The van der Waals surface area contributed by atoms with Crippen LogP contribution in [0.4, 0.5) is 0 Å². The lowest BCUT2D eigenvalue weighted by molar-refractivity contribution is 0.0953. The fourth-order valence-electron chi connectivity index (χ4n) is 2.25. The second-order valence-corrected chi connectivity index (χ2v) is 5.15. The zero-order chi connectivity index (χ0) is 15.1. The number of nitrogens with zero attached hydrogens (tertiary/aromatic N) is 1. The average molecular weight is 283 g/mol. The van der Waals surface area contributed by atoms with E-state index in [1.54, 1.807) is 6.07 Å². The van der Waals surface area contributed by atoms with E-state index in [1.807, 2.05) is 24.3 Å². The van der Waals surface area contributed by atoms with Crippen molar-refractivity contribution >= 4 is 5.91 Å². The van der Waals surface area contributed by atoms with Gasteiger partial charge in [0.1, 0.15) is 0 Å². The van der Waals surface area contributed by atoms with Gasteiger partial charge in [-0.2, -0.15) is 0 Å². The van der Waals surface area contributed by atoms with Crippen molar-refractivity contribution in [1.82, 2.24) is 10.3 Å². The number of likely N-dealkylation sites (N-methyl/N-ethyl adjacent to an activating group) is 1. The molecule has 0 aliphatic carbocycles. The summed E-state index contributed by atoms with van der Waals surface area (Å²) in [7, 11) is 2.08. The molecule has 0 saturated heterocycles. The molecule has 4 nitrogen and oxygen atoms in total. The van der Waals surface area contributed by atoms with Gasteiger partial charge in [-0.05, 0) is 36.7 Å². The van der Waals surface area contributed by atoms with E-state index >= 15 is 0 Å². The molecule has 0 atom stereocenters. The van der Waals surface area contributed by atoms with Crippen molar-refractivity contribution in [1.29, 1.82) is 0 Å². The molecule has 0 unspecified atom stereocenters. The molecular formula is C17H21N3O. The standard InChI is InChI=1S/C17H21N3O/c1-20(11-10-14-6-3-2-4-7-14)13-15-8-5-9-16(12-15)17(21)19-18/h2-9,12H,10-11,13,18H2,1H3,(H,19,21). The highest BCUT2D eigenvalue weighted by atomic mass is 16.2. The van der Waals surface area contributed by atoms with Crippen molar-refractivity contribution < 1.29 is 4.79 Å². The third-order valence-corrected chi connectivity index (χ3v) is 3.40. The quantitative estimate of drug-likeness (QED) is 0.484. The molecule has 0 aromatic heterocycles. The number of nitrogens with one attached hydrogen (secondary N) is 1. The zero-order valence-corrected chi connectivity index (χ0v) is 12.3. The van der Waals surface area contributed by atoms with Crippen molar-refractivity contribution in [2.24, 2.45) is 5.84 Å². The van der Waals surface area contributed by atoms with E-state index < -0.39 is 0 Å². The summed E-state index contributed by atoms with van der Waals surface area (Å²) in [5.41, 5.74) is 5.18. The molecule has 0 heterocycles. The largest absolute Gasteiger partial charge is 0.302 e. The van der Waals surface area contributed by atoms with Crippen LogP contribution in [0.15, 0.2) is 54.6 Å². The lowest BCUT2D eigenvalue weighted by Crippen LogP contribution is -2.30. The Bertz CT molecular complexity index is 584. The number of rotatable bonds is 6. The predicted molar refractivity (Wildman–Crippen MR) is 84.6 cm³/mol. The van der Waals surface area contributed by atoms with Crippen molar-refractivity contribution in [2.75, 3.05) is 13.6 Å². The van der Waals surface area contributed by atoms with Gasteiger partial charge in [0.15, 0.2) is 0 Å². The fourth-order valence-corrected chi connectivity index (χ4v) is 2.25. The maximum absolute atomic E-state index is 11.5. The van der Waals surface area contributed by atoms with Gasteiger partial charge in [0.25, 0.3) is 5.91 Å². The predicted octanol–water partition coefficient (Wildman–Crippen LogP) is 1.96. The molecule has 0 aliphatic rings. The second kappa shape index (κ2) is 7.57. The van der Waals surface area contributed by atoms with Gasteiger partial charge in [-0.1, -0.05) is 42.5 Å². The van der Waals surface area contributed by atoms with Crippen LogP contribution in [-0.4, -0.2) is 24.4 Å². The van der Waals surface area contributed by atoms with E-state index in [0.29, 0.717) is 5.56 Å². The Hall–Kier alpha value is -2.17. The highest BCUT2D eigenvalue weighted by molar-refractivity contribution is 5.93. The van der Waals surface area contributed by atoms with E-state index in [0.717, 1.165) is 25.1 Å². The van der Waals surface area contributed by atoms with Gasteiger partial charge in [0.05, 0.1) is 0 Å². The number of nitrogen functional groups attached to an aromatic ring is 1. The highest BCUT2D eigenvalue weighted by Gasteiger charge is 2.06. The Morgan fingerprint density at radius 3 is 2.52 bits per heavy atom. The van der Waals surface area contributed by atoms with Crippen LogP contribution in [0.2, 0.25) is 0 Å². The number of hydrazine groups is 1. The van der Waals surface area contributed by atoms with Crippen LogP contribution in [0, 0.1) is 0 Å². The van der Waals surface area contributed by atoms with Crippen LogP contribution >= 0.6 is 0 Å². The monoisotopic (exact) mass is 283 g/mol. The Labute approximate surface area is 125 Å². The first-order valence-electron chi connectivity index (χ1n) is 7.01. The zero-order valence-electron chi connectivity index (χ0n) is 12.3. The summed E-state index contributed by atoms with van der Waals surface area (Å²) in [6.07, 6.45) is 1.01. The minimum Gasteiger partial charge on any atom is -0.302 e. The summed E-state index contributed by atoms with van der Waals surface area (Å²) in [6, 6.07) is 18.0. The molecular weight excluding hydrogens is 262 g/mol. The fraction of sp³-hybridized carbons (Fsp3) is 0.235. The van der Waals surface area contributed by atoms with Crippen LogP contribution in [0.25, 0.3) is 0 Å². The Morgan fingerprint density at radius 1 is 1.10 bits per heavy atom. The van der Waals surface area contributed by atoms with Gasteiger partial charge in [-0.25, -0.2) is 5.84 Å². The smallest absolute Gasteiger partial charge is 0.265 e. The molecule has 1 amide bonds. The Morgan fingerprint density at radius 2 is 1.81 bits per heavy atom. The summed E-state index contributed by atoms with van der Waals surface area (Å²) >= 11 is 0. The van der Waals surface area contributed by atoms with Crippen LogP contribution in [0.3, 0.4) is 0 Å². The number of hydrogen-bond acceptors (Lipinski definition) is 3. The van der Waals surface area contributed by atoms with E-state index in [1.165, 1.54) is 5.56 Å². The first-order valence-corrected chi connectivity index (χ1v) is 7.01. The van der Waals surface area contributed by atoms with Crippen molar-refractivity contribution in [2.45, 2.75) is 13.0 Å². The molecule has 3 N–H and O–H groups in total. The Balaban J connectivity index is 1.90. The van der Waals surface area contributed by atoms with E-state index in [-0.39, 0.29) is 5.91 Å². The van der Waals surface area contributed by atoms with Gasteiger partial charge >= 0.3 is 0 Å². The minimum atomic E-state index is -0.260. The average Bonchev–Trinajstić information content (AvgIpc) is 2.53. The summed E-state index contributed by atoms with van der Waals surface area (Å²) in [5, 5.41) is 0. The molecule has 0 aliphatic heterocycles. The number of carbonyl (C=O) groups is 1. The first kappa shape index (κ1) is 15.2. The minimum absolute atomic E-state index is 0.260. The number of hydrogen-bond donors (Lipinski definition) is 2. The van der Waals surface area contributed by atoms with Gasteiger partial charge < -0.3 is 4.90 Å². The summed E-state index contributed by atoms with van der Waals surface area (Å²) in [6.45, 7) is 1.77. The van der Waals surface area contributed by atoms with Crippen LogP contribution < -0.4 is 11.3 Å². The molecule has 0 spiro atoms. The van der Waals surface area contributed by atoms with E-state index in [2.05, 4.69) is 41.6 Å². The van der Waals surface area contributed by atoms with Crippen molar-refractivity contribution in [3.8, 4) is 0 Å². The highest BCUT2D eigenvalue weighted by Crippen LogP contribution is 2.08. The molecule has 0 fully saturated rings. The van der Waals surface area contributed by atoms with Crippen LogP contribution in [0.1, 0.15) is 21.5 Å². The van der Waals surface area contributed by atoms with Gasteiger partial charge in [0, 0.05) is 18.7 Å². The molecule has 0 bridgehead atoms. The van der Waals surface area contributed by atoms with Crippen LogP contribution in [-0.2, 0) is 13.0 Å². The first-order chi connectivity index (χ1) is 10.2. The van der Waals surface area contributed by atoms with E-state index in [4.69, 9.17) is 5.84 Å². The molecule has 21 heavy (non-hydrogen) atoms. The number of benzene rings is 2. The summed E-state index contributed by atoms with van der Waals surface area (Å²) in [4.78, 5) is 13.8. The molecule has 0 saturated carbocycles. The normalized spacial score (nSPS) is 10.6. The third-order valence-electron chi connectivity index (χ3n) is 3.40. The third kappa shape index (κ3) is 4.70. The lowest BCUT2D eigenvalue weighted by atomic mass is 10.1. The topological polar surface area (TPSA) is 58.4 Å². The number of carbonyl (C=O) groups excluding carboxylic acids is 1. The summed E-state index contributed by atoms with van der Waals surface area (Å²) in [5.74, 6) is 4.90. The maximum atomic E-state index is 11.5. The maximum Gasteiger partial charge on any atom is 0.265 e. The lowest BCUT2D eigenvalue weighted by Gasteiger charge is -2.17. The van der Waals surface area contributed by atoms with Crippen LogP contribution in [0.5, 0.6) is 0 Å². The van der Waals surface area contributed by atoms with Crippen molar-refractivity contribution in [3.05, 3.63) is 71.3 Å². The molecule has 2 rings (SSSR count). The van der Waals surface area contributed by atoms with Gasteiger partial charge in [0.2, 0.25) is 0 Å².